The van der Waals surface area contributed by atoms with Crippen LogP contribution in [-0.4, -0.2) is 4.57 Å². The molecule has 0 saturated carbocycles. The van der Waals surface area contributed by atoms with Gasteiger partial charge in [-0.3, -0.25) is 0 Å². The van der Waals surface area contributed by atoms with Crippen molar-refractivity contribution in [3.8, 4) is 6.07 Å². The van der Waals surface area contributed by atoms with Crippen molar-refractivity contribution in [2.45, 2.75) is 13.5 Å². The van der Waals surface area contributed by atoms with E-state index in [-0.39, 0.29) is 10.8 Å². The second kappa shape index (κ2) is 8.14. The summed E-state index contributed by atoms with van der Waals surface area (Å²) in [7, 11) is 0. The van der Waals surface area contributed by atoms with E-state index in [0.29, 0.717) is 28.6 Å². The molecule has 0 amide bonds. The van der Waals surface area contributed by atoms with Crippen molar-refractivity contribution >= 4 is 34.2 Å². The summed E-state index contributed by atoms with van der Waals surface area (Å²) in [5.74, 6) is -0.851. The fourth-order valence-electron chi connectivity index (χ4n) is 3.45. The first-order chi connectivity index (χ1) is 14.5. The molecule has 4 rings (SSSR count). The van der Waals surface area contributed by atoms with E-state index in [1.54, 1.807) is 35.0 Å². The lowest BCUT2D eigenvalue weighted by Crippen LogP contribution is -1.99. The molecule has 0 N–H and O–H groups in total. The second-order valence-electron chi connectivity index (χ2n) is 7.13. The van der Waals surface area contributed by atoms with Crippen LogP contribution in [0.3, 0.4) is 0 Å². The van der Waals surface area contributed by atoms with E-state index in [2.05, 4.69) is 6.07 Å². The van der Waals surface area contributed by atoms with Crippen LogP contribution in [-0.2, 0) is 6.54 Å². The maximum atomic E-state index is 14.9. The van der Waals surface area contributed by atoms with Gasteiger partial charge in [0.15, 0.2) is 5.82 Å². The van der Waals surface area contributed by atoms with Gasteiger partial charge in [0, 0.05) is 23.7 Å². The molecular formula is C25H17ClF2N2. The number of hydrogen-bond acceptors (Lipinski definition) is 1. The zero-order chi connectivity index (χ0) is 21.3. The SMILES string of the molecule is Cc1ccc(/C(C#N)=C/c2cn(Cc3ccc(F)cc3)c3c(F)c(Cl)ccc23)cc1. The van der Waals surface area contributed by atoms with Gasteiger partial charge in [-0.15, -0.1) is 0 Å². The van der Waals surface area contributed by atoms with Gasteiger partial charge in [0.1, 0.15) is 5.82 Å². The Bertz CT molecular complexity index is 1290. The number of benzene rings is 3. The zero-order valence-electron chi connectivity index (χ0n) is 16.2. The molecule has 0 bridgehead atoms. The third-order valence-electron chi connectivity index (χ3n) is 5.01. The molecule has 0 aliphatic carbocycles. The lowest BCUT2D eigenvalue weighted by molar-refractivity contribution is 0.623. The fourth-order valence-corrected chi connectivity index (χ4v) is 3.60. The average molecular weight is 419 g/mol. The van der Waals surface area contributed by atoms with Gasteiger partial charge < -0.3 is 4.57 Å². The standard InChI is InChI=1S/C25H17ClF2N2/c1-16-2-6-18(7-3-16)19(13-29)12-20-15-30(14-17-4-8-21(27)9-5-17)25-22(20)10-11-23(26)24(25)28/h2-12,15H,14H2,1H3/b19-12+. The van der Waals surface area contributed by atoms with E-state index >= 15 is 0 Å². The van der Waals surface area contributed by atoms with E-state index < -0.39 is 5.82 Å². The number of allylic oxidation sites excluding steroid dienone is 1. The molecule has 148 valence electrons. The Balaban J connectivity index is 1.86. The molecular weight excluding hydrogens is 402 g/mol. The minimum absolute atomic E-state index is 0.0236. The highest BCUT2D eigenvalue weighted by Crippen LogP contribution is 2.31. The first-order valence-electron chi connectivity index (χ1n) is 9.36. The van der Waals surface area contributed by atoms with Crippen molar-refractivity contribution in [3.05, 3.63) is 106 Å². The highest BCUT2D eigenvalue weighted by molar-refractivity contribution is 6.31. The number of hydrogen-bond donors (Lipinski definition) is 0. The molecule has 0 radical (unpaired) electrons. The first-order valence-corrected chi connectivity index (χ1v) is 9.74. The Hall–Kier alpha value is -3.42. The Labute approximate surface area is 178 Å². The highest BCUT2D eigenvalue weighted by atomic mass is 35.5. The van der Waals surface area contributed by atoms with Crippen LogP contribution < -0.4 is 0 Å². The lowest BCUT2D eigenvalue weighted by atomic mass is 10.0. The molecule has 2 nitrogen and oxygen atoms in total. The summed E-state index contributed by atoms with van der Waals surface area (Å²) in [6.07, 6.45) is 3.54. The second-order valence-corrected chi connectivity index (χ2v) is 7.54. The van der Waals surface area contributed by atoms with E-state index in [0.717, 1.165) is 16.7 Å². The zero-order valence-corrected chi connectivity index (χ0v) is 16.9. The van der Waals surface area contributed by atoms with Gasteiger partial charge in [0.2, 0.25) is 0 Å². The third-order valence-corrected chi connectivity index (χ3v) is 5.30. The summed E-state index contributed by atoms with van der Waals surface area (Å²) >= 11 is 6.03. The van der Waals surface area contributed by atoms with Crippen LogP contribution >= 0.6 is 11.6 Å². The maximum absolute atomic E-state index is 14.9. The summed E-state index contributed by atoms with van der Waals surface area (Å²) < 4.78 is 29.9. The molecule has 0 fully saturated rings. The van der Waals surface area contributed by atoms with Gasteiger partial charge >= 0.3 is 0 Å². The van der Waals surface area contributed by atoms with E-state index in [1.165, 1.54) is 18.2 Å². The van der Waals surface area contributed by atoms with Crippen molar-refractivity contribution in [1.29, 1.82) is 5.26 Å². The molecule has 30 heavy (non-hydrogen) atoms. The van der Waals surface area contributed by atoms with Crippen molar-refractivity contribution in [2.75, 3.05) is 0 Å². The average Bonchev–Trinajstić information content (AvgIpc) is 3.09. The number of aromatic nitrogens is 1. The molecule has 0 aliphatic heterocycles. The normalized spacial score (nSPS) is 11.6. The molecule has 0 atom stereocenters. The Kier molecular flexibility index (Phi) is 5.39. The van der Waals surface area contributed by atoms with Gasteiger partial charge in [-0.05, 0) is 42.3 Å². The third kappa shape index (κ3) is 3.85. The van der Waals surface area contributed by atoms with Crippen molar-refractivity contribution in [3.63, 3.8) is 0 Å². The van der Waals surface area contributed by atoms with Crippen molar-refractivity contribution in [2.24, 2.45) is 0 Å². The topological polar surface area (TPSA) is 28.7 Å². The van der Waals surface area contributed by atoms with E-state index in [1.807, 2.05) is 31.2 Å². The molecule has 4 aromatic rings. The monoisotopic (exact) mass is 418 g/mol. The molecule has 0 saturated heterocycles. The number of aryl methyl sites for hydroxylation is 1. The lowest BCUT2D eigenvalue weighted by Gasteiger charge is -2.07. The summed E-state index contributed by atoms with van der Waals surface area (Å²) in [6.45, 7) is 2.32. The number of nitrogens with zero attached hydrogens (tertiary/aromatic N) is 2. The van der Waals surface area contributed by atoms with E-state index in [4.69, 9.17) is 11.6 Å². The number of fused-ring (bicyclic) bond motifs is 1. The van der Waals surface area contributed by atoms with Crippen LogP contribution in [0.4, 0.5) is 8.78 Å². The van der Waals surface area contributed by atoms with Crippen LogP contribution in [0.2, 0.25) is 5.02 Å². The van der Waals surface area contributed by atoms with Gasteiger partial charge in [-0.2, -0.15) is 5.26 Å². The summed E-state index contributed by atoms with van der Waals surface area (Å²) in [5, 5.41) is 10.4. The van der Waals surface area contributed by atoms with Gasteiger partial charge in [-0.1, -0.05) is 59.6 Å². The fraction of sp³-hybridized carbons (Fsp3) is 0.0800. The Morgan fingerprint density at radius 2 is 1.73 bits per heavy atom. The van der Waals surface area contributed by atoms with Crippen LogP contribution in [0.25, 0.3) is 22.6 Å². The molecule has 5 heteroatoms. The quantitative estimate of drug-likeness (QED) is 0.328. The van der Waals surface area contributed by atoms with Gasteiger partial charge in [0.25, 0.3) is 0 Å². The number of nitriles is 1. The van der Waals surface area contributed by atoms with Gasteiger partial charge in [-0.25, -0.2) is 8.78 Å². The van der Waals surface area contributed by atoms with Crippen LogP contribution in [0, 0.1) is 29.9 Å². The molecule has 0 spiro atoms. The van der Waals surface area contributed by atoms with Crippen LogP contribution in [0.15, 0.2) is 66.9 Å². The minimum atomic E-state index is -0.523. The van der Waals surface area contributed by atoms with Crippen molar-refractivity contribution < 1.29 is 8.78 Å². The summed E-state index contributed by atoms with van der Waals surface area (Å²) in [4.78, 5) is 0. The number of rotatable bonds is 4. The molecule has 0 unspecified atom stereocenters. The van der Waals surface area contributed by atoms with Crippen LogP contribution in [0.1, 0.15) is 22.3 Å². The molecule has 1 heterocycles. The molecule has 1 aromatic heterocycles. The maximum Gasteiger partial charge on any atom is 0.166 e. The minimum Gasteiger partial charge on any atom is -0.340 e. The first kappa shape index (κ1) is 19.9. The van der Waals surface area contributed by atoms with E-state index in [9.17, 15) is 14.0 Å². The smallest absolute Gasteiger partial charge is 0.166 e. The summed E-state index contributed by atoms with van der Waals surface area (Å²) in [5.41, 5.74) is 4.24. The Morgan fingerprint density at radius 3 is 2.40 bits per heavy atom. The molecule has 3 aromatic carbocycles. The van der Waals surface area contributed by atoms with Gasteiger partial charge in [0.05, 0.1) is 22.2 Å². The van der Waals surface area contributed by atoms with Crippen molar-refractivity contribution in [1.82, 2.24) is 4.57 Å². The number of halogens is 3. The summed E-state index contributed by atoms with van der Waals surface area (Å²) in [6, 6.07) is 19.2. The Morgan fingerprint density at radius 1 is 1.03 bits per heavy atom. The highest BCUT2D eigenvalue weighted by Gasteiger charge is 2.15. The predicted octanol–water partition coefficient (Wildman–Crippen LogP) is 6.99. The molecule has 0 aliphatic rings. The largest absolute Gasteiger partial charge is 0.340 e. The predicted molar refractivity (Wildman–Crippen MR) is 117 cm³/mol. The van der Waals surface area contributed by atoms with Crippen LogP contribution in [0.5, 0.6) is 0 Å².